The molecule has 0 radical (unpaired) electrons. The number of piperazine rings is 1. The standard InChI is InChI=1S/C27H35N9O/c1-34-26(20-5-3-2-4-6-20)24-22(33-34)8-7-21-19-30-27(32-25(21)24)31-23(28)9-10-29-11-12-35-13-15-36(16-14-35)17-18-37/h2-6,9-10,19,29,37H,7-8,11-18H2,1H3,(H2,28,30,31,32)/b10-9-. The first kappa shape index (κ1) is 25.1. The summed E-state index contributed by atoms with van der Waals surface area (Å²) in [6, 6.07) is 10.3. The van der Waals surface area contributed by atoms with Gasteiger partial charge in [0, 0.05) is 76.4 Å². The molecule has 2 aromatic heterocycles. The summed E-state index contributed by atoms with van der Waals surface area (Å²) >= 11 is 0. The molecular weight excluding hydrogens is 466 g/mol. The minimum atomic E-state index is 0.218. The summed E-state index contributed by atoms with van der Waals surface area (Å²) in [4.78, 5) is 14.0. The van der Waals surface area contributed by atoms with Gasteiger partial charge >= 0.3 is 0 Å². The largest absolute Gasteiger partial charge is 0.395 e. The molecule has 0 atom stereocenters. The molecule has 0 amide bonds. The molecule has 1 aliphatic carbocycles. The number of amidine groups is 1. The maximum Gasteiger partial charge on any atom is 0.228 e. The van der Waals surface area contributed by atoms with Crippen LogP contribution >= 0.6 is 0 Å². The van der Waals surface area contributed by atoms with Gasteiger partial charge in [0.25, 0.3) is 0 Å². The average Bonchev–Trinajstić information content (AvgIpc) is 3.26. The second-order valence-electron chi connectivity index (χ2n) is 9.46. The maximum absolute atomic E-state index is 9.06. The van der Waals surface area contributed by atoms with Crippen LogP contribution < -0.4 is 10.6 Å². The molecule has 1 aromatic carbocycles. The van der Waals surface area contributed by atoms with E-state index in [4.69, 9.17) is 20.6 Å². The van der Waals surface area contributed by atoms with Crippen LogP contribution in [-0.4, -0.2) is 92.9 Å². The predicted molar refractivity (Wildman–Crippen MR) is 146 cm³/mol. The number of hydrogen-bond donors (Lipinski definition) is 4. The van der Waals surface area contributed by atoms with Crippen LogP contribution in [-0.2, 0) is 19.9 Å². The summed E-state index contributed by atoms with van der Waals surface area (Å²) in [6.45, 7) is 6.77. The summed E-state index contributed by atoms with van der Waals surface area (Å²) in [5, 5.41) is 28.4. The van der Waals surface area contributed by atoms with Gasteiger partial charge in [-0.15, -0.1) is 0 Å². The lowest BCUT2D eigenvalue weighted by Gasteiger charge is -2.34. The van der Waals surface area contributed by atoms with Crippen LogP contribution in [0, 0.1) is 5.41 Å². The fourth-order valence-electron chi connectivity index (χ4n) is 5.04. The van der Waals surface area contributed by atoms with E-state index in [1.807, 2.05) is 36.1 Å². The number of anilines is 1. The Morgan fingerprint density at radius 3 is 2.59 bits per heavy atom. The first-order chi connectivity index (χ1) is 18.1. The molecule has 1 aliphatic heterocycles. The number of benzene rings is 1. The molecule has 1 fully saturated rings. The van der Waals surface area contributed by atoms with E-state index in [1.165, 1.54) is 0 Å². The number of hydrogen-bond acceptors (Lipinski definition) is 8. The molecule has 194 valence electrons. The lowest BCUT2D eigenvalue weighted by molar-refractivity contribution is 0.114. The van der Waals surface area contributed by atoms with Crippen molar-refractivity contribution in [1.82, 2.24) is 34.9 Å². The molecule has 1 saturated heterocycles. The molecule has 0 saturated carbocycles. The monoisotopic (exact) mass is 501 g/mol. The molecule has 2 aliphatic rings. The van der Waals surface area contributed by atoms with E-state index >= 15 is 0 Å². The van der Waals surface area contributed by atoms with Gasteiger partial charge in [-0.3, -0.25) is 19.9 Å². The summed E-state index contributed by atoms with van der Waals surface area (Å²) < 4.78 is 1.94. The Bertz CT molecular complexity index is 1250. The number of aliphatic hydroxyl groups excluding tert-OH is 1. The highest BCUT2D eigenvalue weighted by Gasteiger charge is 2.27. The van der Waals surface area contributed by atoms with Crippen molar-refractivity contribution in [2.45, 2.75) is 12.8 Å². The Labute approximate surface area is 217 Å². The number of rotatable bonds is 9. The van der Waals surface area contributed by atoms with E-state index in [0.717, 1.165) is 92.4 Å². The third kappa shape index (κ3) is 5.87. The van der Waals surface area contributed by atoms with Gasteiger partial charge in [0.2, 0.25) is 5.95 Å². The van der Waals surface area contributed by atoms with Gasteiger partial charge in [-0.1, -0.05) is 30.3 Å². The average molecular weight is 502 g/mol. The van der Waals surface area contributed by atoms with Gasteiger partial charge in [0.15, 0.2) is 0 Å². The molecule has 3 heterocycles. The molecule has 3 aromatic rings. The molecular formula is C27H35N9O. The molecule has 5 rings (SSSR count). The Morgan fingerprint density at radius 2 is 1.84 bits per heavy atom. The Hall–Kier alpha value is -3.60. The van der Waals surface area contributed by atoms with Crippen molar-refractivity contribution in [1.29, 1.82) is 5.41 Å². The van der Waals surface area contributed by atoms with Crippen molar-refractivity contribution in [2.24, 2.45) is 7.05 Å². The summed E-state index contributed by atoms with van der Waals surface area (Å²) in [5.74, 6) is 0.625. The zero-order valence-corrected chi connectivity index (χ0v) is 21.3. The number of aromatic nitrogens is 4. The van der Waals surface area contributed by atoms with Gasteiger partial charge in [-0.05, 0) is 24.5 Å². The number of fused-ring (bicyclic) bond motifs is 3. The quantitative estimate of drug-likeness (QED) is 0.199. The van der Waals surface area contributed by atoms with E-state index < -0.39 is 0 Å². The Morgan fingerprint density at radius 1 is 1.08 bits per heavy atom. The van der Waals surface area contributed by atoms with Crippen LogP contribution in [0.15, 0.2) is 48.8 Å². The molecule has 0 spiro atoms. The van der Waals surface area contributed by atoms with Gasteiger partial charge in [0.1, 0.15) is 5.84 Å². The van der Waals surface area contributed by atoms with Crippen molar-refractivity contribution < 1.29 is 5.11 Å². The fourth-order valence-corrected chi connectivity index (χ4v) is 5.04. The van der Waals surface area contributed by atoms with Crippen LogP contribution in [0.3, 0.4) is 0 Å². The number of aryl methyl sites for hydroxylation is 3. The molecule has 10 heteroatoms. The second kappa shape index (κ2) is 11.6. The highest BCUT2D eigenvalue weighted by molar-refractivity contribution is 6.00. The van der Waals surface area contributed by atoms with Gasteiger partial charge in [0.05, 0.1) is 23.7 Å². The van der Waals surface area contributed by atoms with Crippen LogP contribution in [0.2, 0.25) is 0 Å². The lowest BCUT2D eigenvalue weighted by atomic mass is 9.91. The van der Waals surface area contributed by atoms with E-state index in [9.17, 15) is 0 Å². The number of β-amino-alcohol motifs (C(OH)–C–C–N with tert-alkyl or cyclic N) is 1. The normalized spacial score (nSPS) is 15.9. The van der Waals surface area contributed by atoms with Crippen LogP contribution in [0.25, 0.3) is 22.5 Å². The van der Waals surface area contributed by atoms with Crippen molar-refractivity contribution >= 4 is 11.8 Å². The van der Waals surface area contributed by atoms with Gasteiger partial charge < -0.3 is 15.7 Å². The van der Waals surface area contributed by atoms with Crippen molar-refractivity contribution in [3.05, 3.63) is 60.1 Å². The van der Waals surface area contributed by atoms with Crippen molar-refractivity contribution in [3.63, 3.8) is 0 Å². The van der Waals surface area contributed by atoms with E-state index in [2.05, 4.69) is 37.6 Å². The SMILES string of the molecule is Cn1nc2c(c1-c1ccccc1)-c1nc(NC(=N)/C=C\NCCN3CCN(CCO)CC3)ncc1CC2. The van der Waals surface area contributed by atoms with Crippen molar-refractivity contribution in [3.8, 4) is 22.5 Å². The zero-order valence-electron chi connectivity index (χ0n) is 21.3. The zero-order chi connectivity index (χ0) is 25.6. The first-order valence-electron chi connectivity index (χ1n) is 12.9. The maximum atomic E-state index is 9.06. The second-order valence-corrected chi connectivity index (χ2v) is 9.46. The summed E-state index contributed by atoms with van der Waals surface area (Å²) in [7, 11) is 1.98. The minimum Gasteiger partial charge on any atom is -0.395 e. The van der Waals surface area contributed by atoms with Crippen LogP contribution in [0.5, 0.6) is 0 Å². The molecule has 10 nitrogen and oxygen atoms in total. The molecule has 0 bridgehead atoms. The summed E-state index contributed by atoms with van der Waals surface area (Å²) in [6.07, 6.45) is 7.06. The number of aliphatic hydroxyl groups is 1. The third-order valence-corrected chi connectivity index (χ3v) is 6.97. The molecule has 0 unspecified atom stereocenters. The predicted octanol–water partition coefficient (Wildman–Crippen LogP) is 1.75. The van der Waals surface area contributed by atoms with Crippen LogP contribution in [0.4, 0.5) is 5.95 Å². The highest BCUT2D eigenvalue weighted by Crippen LogP contribution is 2.39. The number of nitrogens with one attached hydrogen (secondary N) is 3. The Balaban J connectivity index is 1.19. The topological polar surface area (TPSA) is 118 Å². The number of nitrogens with zero attached hydrogens (tertiary/aromatic N) is 6. The highest BCUT2D eigenvalue weighted by atomic mass is 16.3. The minimum absolute atomic E-state index is 0.218. The van der Waals surface area contributed by atoms with Crippen molar-refractivity contribution in [2.75, 3.05) is 57.7 Å². The third-order valence-electron chi connectivity index (χ3n) is 6.97. The van der Waals surface area contributed by atoms with E-state index in [0.29, 0.717) is 5.95 Å². The van der Waals surface area contributed by atoms with E-state index in [-0.39, 0.29) is 12.4 Å². The molecule has 37 heavy (non-hydrogen) atoms. The first-order valence-corrected chi connectivity index (χ1v) is 12.9. The van der Waals surface area contributed by atoms with Gasteiger partial charge in [-0.2, -0.15) is 5.10 Å². The molecule has 4 N–H and O–H groups in total. The lowest BCUT2D eigenvalue weighted by Crippen LogP contribution is -2.48. The Kier molecular flexibility index (Phi) is 7.88. The summed E-state index contributed by atoms with van der Waals surface area (Å²) in [5.41, 5.74) is 6.25. The smallest absolute Gasteiger partial charge is 0.228 e. The van der Waals surface area contributed by atoms with Crippen LogP contribution in [0.1, 0.15) is 11.3 Å². The van der Waals surface area contributed by atoms with Gasteiger partial charge in [-0.25, -0.2) is 9.97 Å². The van der Waals surface area contributed by atoms with E-state index in [1.54, 1.807) is 12.3 Å². The fraction of sp³-hybridized carbons (Fsp3) is 0.407.